The van der Waals surface area contributed by atoms with Crippen molar-refractivity contribution in [2.75, 3.05) is 5.32 Å². The molecule has 0 amide bonds. The number of anilines is 1. The maximum Gasteiger partial charge on any atom is 0.417 e. The van der Waals surface area contributed by atoms with Gasteiger partial charge in [0.15, 0.2) is 11.4 Å². The van der Waals surface area contributed by atoms with Gasteiger partial charge in [-0.05, 0) is 39.0 Å². The number of pyridine rings is 1. The molecule has 0 radical (unpaired) electrons. The van der Waals surface area contributed by atoms with E-state index in [1.807, 2.05) is 0 Å². The zero-order valence-corrected chi connectivity index (χ0v) is 23.5. The van der Waals surface area contributed by atoms with Gasteiger partial charge in [-0.15, -0.1) is 0 Å². The lowest BCUT2D eigenvalue weighted by Crippen LogP contribution is -2.41. The molecular weight excluding hydrogens is 602 g/mol. The van der Waals surface area contributed by atoms with Gasteiger partial charge < -0.3 is 5.32 Å². The molecule has 43 heavy (non-hydrogen) atoms. The second kappa shape index (κ2) is 11.0. The number of ketones is 1. The van der Waals surface area contributed by atoms with Gasteiger partial charge in [-0.3, -0.25) is 4.79 Å². The number of aromatic nitrogens is 4. The predicted octanol–water partition coefficient (Wildman–Crippen LogP) is 6.03. The predicted molar refractivity (Wildman–Crippen MR) is 142 cm³/mol. The maximum atomic E-state index is 13.6. The van der Waals surface area contributed by atoms with E-state index in [1.165, 1.54) is 38.1 Å². The number of halogens is 6. The number of carbonyl (C=O) groups excluding carboxylic acids is 1. The summed E-state index contributed by atoms with van der Waals surface area (Å²) in [6.07, 6.45) is -9.20. The Labute approximate surface area is 241 Å². The van der Waals surface area contributed by atoms with E-state index in [-0.39, 0.29) is 38.7 Å². The van der Waals surface area contributed by atoms with E-state index in [0.717, 1.165) is 18.0 Å². The summed E-state index contributed by atoms with van der Waals surface area (Å²) in [6, 6.07) is 8.14. The minimum absolute atomic E-state index is 0.187. The average molecular weight is 625 g/mol. The highest BCUT2D eigenvalue weighted by atomic mass is 32.2. The molecule has 1 N–H and O–H groups in total. The molecule has 9 nitrogen and oxygen atoms in total. The minimum atomic E-state index is -4.85. The van der Waals surface area contributed by atoms with Crippen molar-refractivity contribution in [3.05, 3.63) is 65.6 Å². The highest BCUT2D eigenvalue weighted by Crippen LogP contribution is 2.37. The number of alkyl halides is 6. The van der Waals surface area contributed by atoms with Crippen LogP contribution >= 0.6 is 0 Å². The average Bonchev–Trinajstić information content (AvgIpc) is 3.30. The first kappa shape index (κ1) is 31.4. The molecule has 0 aliphatic rings. The molecule has 0 unspecified atom stereocenters. The monoisotopic (exact) mass is 624 g/mol. The van der Waals surface area contributed by atoms with Crippen molar-refractivity contribution >= 4 is 32.8 Å². The van der Waals surface area contributed by atoms with Gasteiger partial charge in [0.05, 0.1) is 39.9 Å². The summed E-state index contributed by atoms with van der Waals surface area (Å²) in [5.41, 5.74) is -3.25. The molecule has 0 saturated carbocycles. The molecule has 0 bridgehead atoms. The Morgan fingerprint density at radius 2 is 1.70 bits per heavy atom. The molecule has 0 fully saturated rings. The Morgan fingerprint density at radius 3 is 2.28 bits per heavy atom. The smallest absolute Gasteiger partial charge is 0.342 e. The van der Waals surface area contributed by atoms with E-state index < -0.39 is 52.1 Å². The number of nitriles is 1. The Balaban J connectivity index is 1.89. The Bertz CT molecular complexity index is 1860. The lowest BCUT2D eigenvalue weighted by molar-refractivity contribution is -0.144. The number of Topliss-reactive ketones (excluding diaryl/α,β-unsaturated/α-hetero) is 1. The van der Waals surface area contributed by atoms with Gasteiger partial charge in [-0.2, -0.15) is 31.6 Å². The summed E-state index contributed by atoms with van der Waals surface area (Å²) in [5, 5.41) is 12.0. The van der Waals surface area contributed by atoms with Gasteiger partial charge in [0, 0.05) is 29.8 Å². The number of aryl methyl sites for hydroxylation is 1. The van der Waals surface area contributed by atoms with Crippen LogP contribution in [0.15, 0.2) is 53.8 Å². The first-order valence-electron chi connectivity index (χ1n) is 12.4. The van der Waals surface area contributed by atoms with Crippen molar-refractivity contribution < 1.29 is 39.6 Å². The summed E-state index contributed by atoms with van der Waals surface area (Å²) in [7, 11) is -4.41. The van der Waals surface area contributed by atoms with Crippen molar-refractivity contribution in [2.45, 2.75) is 56.4 Å². The summed E-state index contributed by atoms with van der Waals surface area (Å²) < 4.78 is 107. The Morgan fingerprint density at radius 1 is 1.05 bits per heavy atom. The number of nitrogens with zero attached hydrogens (tertiary/aromatic N) is 5. The third kappa shape index (κ3) is 6.61. The third-order valence-electron chi connectivity index (χ3n) is 6.44. The minimum Gasteiger partial charge on any atom is -0.342 e. The van der Waals surface area contributed by atoms with Crippen LogP contribution in [0.4, 0.5) is 32.3 Å². The molecule has 16 heteroatoms. The fourth-order valence-corrected chi connectivity index (χ4v) is 5.40. The zero-order valence-electron chi connectivity index (χ0n) is 22.7. The van der Waals surface area contributed by atoms with Gasteiger partial charge >= 0.3 is 12.4 Å². The lowest BCUT2D eigenvalue weighted by atomic mass is 9.95. The number of hydrogen-bond donors (Lipinski definition) is 1. The summed E-state index contributed by atoms with van der Waals surface area (Å²) in [5.74, 6) is -1.18. The fraction of sp³-hybridized carbons (Fsp3) is 0.296. The molecule has 0 aliphatic heterocycles. The van der Waals surface area contributed by atoms with Gasteiger partial charge in [-0.25, -0.2) is 27.3 Å². The Kier molecular flexibility index (Phi) is 8.00. The van der Waals surface area contributed by atoms with Crippen LogP contribution in [-0.4, -0.2) is 44.8 Å². The second-order valence-corrected chi connectivity index (χ2v) is 11.9. The van der Waals surface area contributed by atoms with Gasteiger partial charge in [0.25, 0.3) is 10.0 Å². The molecule has 0 spiro atoms. The molecule has 4 rings (SSSR count). The van der Waals surface area contributed by atoms with Crippen LogP contribution in [0.3, 0.4) is 0 Å². The molecule has 0 atom stereocenters. The number of benzene rings is 1. The molecule has 1 aromatic carbocycles. The van der Waals surface area contributed by atoms with Gasteiger partial charge in [0.1, 0.15) is 6.07 Å². The second-order valence-electron chi connectivity index (χ2n) is 10.1. The van der Waals surface area contributed by atoms with Crippen LogP contribution in [0.25, 0.3) is 22.3 Å². The first-order valence-corrected chi connectivity index (χ1v) is 13.8. The summed E-state index contributed by atoms with van der Waals surface area (Å²) >= 11 is 0. The normalized spacial score (nSPS) is 12.7. The molecule has 3 heterocycles. The molecular formula is C27H22F6N6O3S. The highest BCUT2D eigenvalue weighted by Gasteiger charge is 2.35. The number of rotatable bonds is 8. The van der Waals surface area contributed by atoms with E-state index in [4.69, 9.17) is 0 Å². The molecule has 226 valence electrons. The van der Waals surface area contributed by atoms with Crippen LogP contribution < -0.4 is 5.32 Å². The molecule has 0 aliphatic carbocycles. The van der Waals surface area contributed by atoms with Crippen LogP contribution in [0.1, 0.15) is 43.4 Å². The van der Waals surface area contributed by atoms with E-state index in [1.54, 1.807) is 13.0 Å². The van der Waals surface area contributed by atoms with E-state index in [9.17, 15) is 44.8 Å². The van der Waals surface area contributed by atoms with Crippen molar-refractivity contribution in [3.8, 4) is 17.3 Å². The zero-order chi connectivity index (χ0) is 32.0. The van der Waals surface area contributed by atoms with Crippen molar-refractivity contribution in [2.24, 2.45) is 0 Å². The maximum absolute atomic E-state index is 13.6. The lowest BCUT2D eigenvalue weighted by Gasteiger charge is -2.25. The van der Waals surface area contributed by atoms with Crippen LogP contribution in [-0.2, 0) is 21.0 Å². The summed E-state index contributed by atoms with van der Waals surface area (Å²) in [4.78, 5) is 24.2. The fourth-order valence-electron chi connectivity index (χ4n) is 4.08. The van der Waals surface area contributed by atoms with Crippen LogP contribution in [0, 0.1) is 18.3 Å². The van der Waals surface area contributed by atoms with Crippen LogP contribution in [0.2, 0.25) is 0 Å². The number of nitrogens with one attached hydrogen (secondary N) is 1. The van der Waals surface area contributed by atoms with Gasteiger partial charge in [-0.1, -0.05) is 17.7 Å². The SMILES string of the molecule is Cc1ccc(S(=O)(=O)n2cc(-c3nc(NC(C)(C)C(=O)CCC(F)(F)F)ncc3C#N)c3cc(C(F)(F)F)cnc32)cc1. The standard InChI is InChI=1S/C27H22F6N6O3S/c1-15-4-6-18(7-5-15)43(41,42)39-14-20(19-10-17(27(31,32)33)13-35-23(19)39)22-16(11-34)12-36-24(37-22)38-25(2,3)21(40)8-9-26(28,29)30/h4-7,10,12-14H,8-9H2,1-3H3,(H,36,37,38). The topological polar surface area (TPSA) is 131 Å². The highest BCUT2D eigenvalue weighted by molar-refractivity contribution is 7.90. The van der Waals surface area contributed by atoms with E-state index in [0.29, 0.717) is 16.2 Å². The van der Waals surface area contributed by atoms with Crippen molar-refractivity contribution in [3.63, 3.8) is 0 Å². The first-order chi connectivity index (χ1) is 19.8. The molecule has 3 aromatic heterocycles. The quantitative estimate of drug-likeness (QED) is 0.235. The molecule has 0 saturated heterocycles. The summed E-state index contributed by atoms with van der Waals surface area (Å²) in [6.45, 7) is 4.30. The van der Waals surface area contributed by atoms with Crippen molar-refractivity contribution in [1.82, 2.24) is 18.9 Å². The van der Waals surface area contributed by atoms with E-state index in [2.05, 4.69) is 20.3 Å². The largest absolute Gasteiger partial charge is 0.417 e. The number of hydrogen-bond acceptors (Lipinski definition) is 8. The van der Waals surface area contributed by atoms with Crippen LogP contribution in [0.5, 0.6) is 0 Å². The molecule has 4 aromatic rings. The third-order valence-corrected chi connectivity index (χ3v) is 8.10. The Hall–Kier alpha value is -4.52. The number of carbonyl (C=O) groups is 1. The number of fused-ring (bicyclic) bond motifs is 1. The van der Waals surface area contributed by atoms with E-state index >= 15 is 0 Å². The van der Waals surface area contributed by atoms with Crippen molar-refractivity contribution in [1.29, 1.82) is 5.26 Å². The van der Waals surface area contributed by atoms with Gasteiger partial charge in [0.2, 0.25) is 5.95 Å².